The van der Waals surface area contributed by atoms with Crippen LogP contribution in [0.15, 0.2) is 39.2 Å². The van der Waals surface area contributed by atoms with Crippen LogP contribution in [0.25, 0.3) is 0 Å². The van der Waals surface area contributed by atoms with E-state index in [-0.39, 0.29) is 0 Å². The lowest BCUT2D eigenvalue weighted by atomic mass is 10.2. The molecule has 0 aromatic heterocycles. The Hall–Kier alpha value is -2.48. The number of amidine groups is 1. The second-order valence-electron chi connectivity index (χ2n) is 4.94. The number of aryl methyl sites for hydroxylation is 1. The number of nitrogens with one attached hydrogen (secondary N) is 1. The van der Waals surface area contributed by atoms with Crippen LogP contribution >= 0.6 is 11.8 Å². The van der Waals surface area contributed by atoms with Gasteiger partial charge in [-0.05, 0) is 24.6 Å². The number of nitrogens with zero attached hydrogens (tertiary/aromatic N) is 2. The predicted molar refractivity (Wildman–Crippen MR) is 89.1 cm³/mol. The number of carboxylic acids is 2. The molecule has 0 amide bonds. The smallest absolute Gasteiger partial charge is 0.414 e. The van der Waals surface area contributed by atoms with Gasteiger partial charge in [0.15, 0.2) is 0 Å². The lowest BCUT2D eigenvalue weighted by molar-refractivity contribution is -0.159. The first-order chi connectivity index (χ1) is 10.9. The zero-order chi connectivity index (χ0) is 17.0. The van der Waals surface area contributed by atoms with E-state index in [1.165, 1.54) is 21.1 Å². The van der Waals surface area contributed by atoms with Crippen LogP contribution in [0.2, 0.25) is 0 Å². The monoisotopic (exact) mass is 335 g/mol. The van der Waals surface area contributed by atoms with Crippen molar-refractivity contribution < 1.29 is 19.8 Å². The molecular formula is C15H17N3O4S. The van der Waals surface area contributed by atoms with Gasteiger partial charge in [-0.15, -0.1) is 0 Å². The molecule has 3 rings (SSSR count). The number of aliphatic imine (C=N–C) groups is 1. The number of hydrogen-bond donors (Lipinski definition) is 3. The highest BCUT2D eigenvalue weighted by Gasteiger charge is 2.20. The lowest BCUT2D eigenvalue weighted by Crippen LogP contribution is -2.23. The molecule has 2 aliphatic heterocycles. The minimum absolute atomic E-state index is 0.887. The van der Waals surface area contributed by atoms with Crippen molar-refractivity contribution in [3.05, 3.63) is 34.9 Å². The quantitative estimate of drug-likeness (QED) is 0.669. The molecule has 1 aromatic carbocycles. The zero-order valence-corrected chi connectivity index (χ0v) is 13.6. The Bertz CT molecular complexity index is 688. The van der Waals surface area contributed by atoms with E-state index in [9.17, 15) is 0 Å². The first kappa shape index (κ1) is 16.9. The summed E-state index contributed by atoms with van der Waals surface area (Å²) in [6.45, 7) is 3.97. The van der Waals surface area contributed by atoms with Crippen LogP contribution < -0.4 is 10.2 Å². The number of benzene rings is 1. The number of rotatable bonds is 1. The fraction of sp³-hybridized carbons (Fsp3) is 0.267. The van der Waals surface area contributed by atoms with E-state index in [0.29, 0.717) is 0 Å². The summed E-state index contributed by atoms with van der Waals surface area (Å²) in [5.74, 6) is -2.61. The molecule has 2 aliphatic rings. The SMILES string of the molecule is Cc1ccc2c(c1)SC(C1=NCCN1)=CN2C.O=C(O)C(=O)O. The van der Waals surface area contributed by atoms with Gasteiger partial charge in [0, 0.05) is 24.7 Å². The number of thioether (sulfide) groups is 1. The van der Waals surface area contributed by atoms with E-state index < -0.39 is 11.9 Å². The Morgan fingerprint density at radius 2 is 2.00 bits per heavy atom. The third-order valence-corrected chi connectivity index (χ3v) is 4.18. The number of hydrogen-bond acceptors (Lipinski definition) is 6. The van der Waals surface area contributed by atoms with Crippen molar-refractivity contribution in [2.75, 3.05) is 25.0 Å². The van der Waals surface area contributed by atoms with Gasteiger partial charge in [-0.25, -0.2) is 9.59 Å². The number of carboxylic acid groups (broad SMARTS) is 2. The van der Waals surface area contributed by atoms with Gasteiger partial charge in [0.05, 0.1) is 17.1 Å². The van der Waals surface area contributed by atoms with Crippen molar-refractivity contribution in [1.82, 2.24) is 5.32 Å². The summed E-state index contributed by atoms with van der Waals surface area (Å²) in [7, 11) is 2.09. The van der Waals surface area contributed by atoms with Crippen molar-refractivity contribution in [2.45, 2.75) is 11.8 Å². The Labute approximate surface area is 137 Å². The summed E-state index contributed by atoms with van der Waals surface area (Å²) in [4.78, 5) is 27.4. The lowest BCUT2D eigenvalue weighted by Gasteiger charge is -2.25. The maximum atomic E-state index is 9.10. The summed E-state index contributed by atoms with van der Waals surface area (Å²) in [5, 5.41) is 18.1. The second-order valence-corrected chi connectivity index (χ2v) is 6.03. The number of fused-ring (bicyclic) bond motifs is 1. The topological polar surface area (TPSA) is 102 Å². The van der Waals surface area contributed by atoms with Crippen LogP contribution in [0.4, 0.5) is 5.69 Å². The molecule has 0 spiro atoms. The van der Waals surface area contributed by atoms with Crippen LogP contribution in [-0.4, -0.2) is 48.1 Å². The summed E-state index contributed by atoms with van der Waals surface area (Å²) >= 11 is 1.80. The summed E-state index contributed by atoms with van der Waals surface area (Å²) in [6.07, 6.45) is 2.15. The van der Waals surface area contributed by atoms with Crippen LogP contribution in [0.5, 0.6) is 0 Å². The Morgan fingerprint density at radius 1 is 1.30 bits per heavy atom. The highest BCUT2D eigenvalue weighted by molar-refractivity contribution is 8.04. The molecule has 2 heterocycles. The molecule has 0 bridgehead atoms. The molecular weight excluding hydrogens is 318 g/mol. The summed E-state index contributed by atoms with van der Waals surface area (Å²) < 4.78 is 0. The van der Waals surface area contributed by atoms with Crippen molar-refractivity contribution in [1.29, 1.82) is 0 Å². The van der Waals surface area contributed by atoms with Gasteiger partial charge in [-0.3, -0.25) is 4.99 Å². The summed E-state index contributed by atoms with van der Waals surface area (Å²) in [5.41, 5.74) is 2.56. The van der Waals surface area contributed by atoms with Gasteiger partial charge in [-0.2, -0.15) is 0 Å². The van der Waals surface area contributed by atoms with E-state index in [1.807, 2.05) is 0 Å². The van der Waals surface area contributed by atoms with Gasteiger partial charge >= 0.3 is 11.9 Å². The van der Waals surface area contributed by atoms with E-state index >= 15 is 0 Å². The average Bonchev–Trinajstić information content (AvgIpc) is 3.01. The van der Waals surface area contributed by atoms with Crippen molar-refractivity contribution in [3.8, 4) is 0 Å². The van der Waals surface area contributed by atoms with E-state index in [2.05, 4.69) is 53.6 Å². The van der Waals surface area contributed by atoms with Gasteiger partial charge in [0.1, 0.15) is 5.84 Å². The van der Waals surface area contributed by atoms with Crippen molar-refractivity contribution in [3.63, 3.8) is 0 Å². The molecule has 8 heteroatoms. The Morgan fingerprint density at radius 3 is 2.57 bits per heavy atom. The number of aliphatic carboxylic acids is 2. The zero-order valence-electron chi connectivity index (χ0n) is 12.7. The van der Waals surface area contributed by atoms with Crippen LogP contribution in [0, 0.1) is 6.92 Å². The molecule has 0 unspecified atom stereocenters. The number of carbonyl (C=O) groups is 2. The minimum Gasteiger partial charge on any atom is -0.473 e. The second kappa shape index (κ2) is 7.19. The first-order valence-electron chi connectivity index (χ1n) is 6.86. The van der Waals surface area contributed by atoms with Crippen LogP contribution in [0.1, 0.15) is 5.56 Å². The maximum Gasteiger partial charge on any atom is 0.414 e. The predicted octanol–water partition coefficient (Wildman–Crippen LogP) is 1.54. The van der Waals surface area contributed by atoms with E-state index in [0.717, 1.165) is 18.9 Å². The van der Waals surface area contributed by atoms with Crippen LogP contribution in [0.3, 0.4) is 0 Å². The average molecular weight is 335 g/mol. The first-order valence-corrected chi connectivity index (χ1v) is 7.68. The molecule has 122 valence electrons. The summed E-state index contributed by atoms with van der Waals surface area (Å²) in [6, 6.07) is 6.56. The van der Waals surface area contributed by atoms with Gasteiger partial charge in [-0.1, -0.05) is 17.8 Å². The van der Waals surface area contributed by atoms with Crippen LogP contribution in [-0.2, 0) is 9.59 Å². The molecule has 0 saturated heterocycles. The van der Waals surface area contributed by atoms with Crippen molar-refractivity contribution in [2.24, 2.45) is 4.99 Å². The molecule has 0 atom stereocenters. The Kier molecular flexibility index (Phi) is 5.28. The fourth-order valence-electron chi connectivity index (χ4n) is 2.06. The standard InChI is InChI=1S/C13H15N3S.C2H2O4/c1-9-3-4-10-11(7-9)17-12(8-16(10)2)13-14-5-6-15-13;3-1(4)2(5)6/h3-4,7-8H,5-6H2,1-2H3,(H,14,15);(H,3,4)(H,5,6). The highest BCUT2D eigenvalue weighted by atomic mass is 32.2. The fourth-order valence-corrected chi connectivity index (χ4v) is 3.30. The van der Waals surface area contributed by atoms with Crippen molar-refractivity contribution >= 4 is 35.2 Å². The third-order valence-electron chi connectivity index (χ3n) is 3.12. The Balaban J connectivity index is 0.000000277. The van der Waals surface area contributed by atoms with E-state index in [4.69, 9.17) is 19.8 Å². The molecule has 0 fully saturated rings. The maximum absolute atomic E-state index is 9.10. The van der Waals surface area contributed by atoms with Gasteiger partial charge in [0.2, 0.25) is 0 Å². The van der Waals surface area contributed by atoms with E-state index in [1.54, 1.807) is 11.8 Å². The van der Waals surface area contributed by atoms with Gasteiger partial charge in [0.25, 0.3) is 0 Å². The highest BCUT2D eigenvalue weighted by Crippen LogP contribution is 2.40. The minimum atomic E-state index is -1.82. The largest absolute Gasteiger partial charge is 0.473 e. The molecule has 0 saturated carbocycles. The number of anilines is 1. The third kappa shape index (κ3) is 4.26. The molecule has 0 aliphatic carbocycles. The molecule has 3 N–H and O–H groups in total. The molecule has 0 radical (unpaired) electrons. The molecule has 7 nitrogen and oxygen atoms in total. The molecule has 23 heavy (non-hydrogen) atoms. The normalized spacial score (nSPS) is 15.5. The molecule has 1 aromatic rings. The van der Waals surface area contributed by atoms with Gasteiger partial charge < -0.3 is 20.4 Å².